The monoisotopic (exact) mass is 334 g/mol. The number of aryl methyl sites for hydroxylation is 1. The first kappa shape index (κ1) is 15.5. The van der Waals surface area contributed by atoms with E-state index in [1.165, 1.54) is 37.2 Å². The Kier molecular flexibility index (Phi) is 4.33. The number of carbonyl (C=O) groups excluding carboxylic acids is 1. The van der Waals surface area contributed by atoms with Crippen LogP contribution in [-0.2, 0) is 17.0 Å². The molecule has 0 bridgehead atoms. The van der Waals surface area contributed by atoms with E-state index in [0.717, 1.165) is 17.9 Å². The molecule has 1 N–H and O–H groups in total. The maximum Gasteiger partial charge on any atom is 0.356 e. The lowest BCUT2D eigenvalue weighted by atomic mass is 10.3. The molecule has 0 aliphatic heterocycles. The minimum absolute atomic E-state index is 0.300. The topological polar surface area (TPSA) is 72.8 Å². The second kappa shape index (κ2) is 6.41. The van der Waals surface area contributed by atoms with Gasteiger partial charge in [-0.15, -0.1) is 0 Å². The molecule has 8 heteroatoms. The molecule has 3 rings (SSSR count). The molecule has 120 valence electrons. The number of carbonyl (C=O) groups is 1. The van der Waals surface area contributed by atoms with Crippen molar-refractivity contribution in [1.82, 2.24) is 19.5 Å². The third-order valence-electron chi connectivity index (χ3n) is 3.40. The first-order valence-electron chi connectivity index (χ1n) is 7.03. The number of thioether (sulfide) groups is 1. The SMILES string of the molecule is CCn1c(CSc2ncc(C(=O)OC)[nH]2)nc2cc(F)ccc21. The number of halogens is 1. The highest BCUT2D eigenvalue weighted by atomic mass is 32.2. The normalized spacial score (nSPS) is 11.1. The second-order valence-electron chi connectivity index (χ2n) is 4.79. The van der Waals surface area contributed by atoms with Crippen LogP contribution in [-0.4, -0.2) is 32.6 Å². The molecule has 23 heavy (non-hydrogen) atoms. The maximum atomic E-state index is 13.3. The number of ether oxygens (including phenoxy) is 1. The van der Waals surface area contributed by atoms with E-state index in [9.17, 15) is 9.18 Å². The summed E-state index contributed by atoms with van der Waals surface area (Å²) in [5.41, 5.74) is 1.84. The van der Waals surface area contributed by atoms with Crippen molar-refractivity contribution in [3.63, 3.8) is 0 Å². The zero-order valence-electron chi connectivity index (χ0n) is 12.7. The van der Waals surface area contributed by atoms with Gasteiger partial charge in [0.2, 0.25) is 0 Å². The number of esters is 1. The number of benzene rings is 1. The van der Waals surface area contributed by atoms with Crippen LogP contribution in [0.1, 0.15) is 23.2 Å². The van der Waals surface area contributed by atoms with E-state index >= 15 is 0 Å². The summed E-state index contributed by atoms with van der Waals surface area (Å²) >= 11 is 1.42. The molecule has 0 amide bonds. The fourth-order valence-corrected chi connectivity index (χ4v) is 3.13. The Morgan fingerprint density at radius 3 is 3.04 bits per heavy atom. The number of hydrogen-bond acceptors (Lipinski definition) is 5. The molecule has 0 spiro atoms. The van der Waals surface area contributed by atoms with E-state index in [1.54, 1.807) is 6.07 Å². The van der Waals surface area contributed by atoms with Gasteiger partial charge in [0.05, 0.1) is 30.1 Å². The standard InChI is InChI=1S/C15H15FN4O2S/c1-3-20-12-5-4-9(16)6-10(12)18-13(20)8-23-15-17-7-11(19-15)14(21)22-2/h4-7H,3,8H2,1-2H3,(H,17,19). The van der Waals surface area contributed by atoms with E-state index < -0.39 is 5.97 Å². The van der Waals surface area contributed by atoms with Crippen LogP contribution < -0.4 is 0 Å². The van der Waals surface area contributed by atoms with E-state index in [2.05, 4.69) is 19.7 Å². The van der Waals surface area contributed by atoms with Gasteiger partial charge in [0.25, 0.3) is 0 Å². The number of methoxy groups -OCH3 is 1. The zero-order valence-corrected chi connectivity index (χ0v) is 13.5. The lowest BCUT2D eigenvalue weighted by Gasteiger charge is -2.04. The minimum Gasteiger partial charge on any atom is -0.464 e. The third-order valence-corrected chi connectivity index (χ3v) is 4.28. The minimum atomic E-state index is -0.458. The number of H-pyrrole nitrogens is 1. The average Bonchev–Trinajstić information content (AvgIpc) is 3.15. The van der Waals surface area contributed by atoms with Crippen LogP contribution in [0.25, 0.3) is 11.0 Å². The summed E-state index contributed by atoms with van der Waals surface area (Å²) in [4.78, 5) is 22.9. The van der Waals surface area contributed by atoms with E-state index in [1.807, 2.05) is 11.5 Å². The largest absolute Gasteiger partial charge is 0.464 e. The van der Waals surface area contributed by atoms with Crippen molar-refractivity contribution in [3.05, 3.63) is 41.7 Å². The van der Waals surface area contributed by atoms with E-state index in [0.29, 0.717) is 22.1 Å². The van der Waals surface area contributed by atoms with Gasteiger partial charge in [0.15, 0.2) is 5.16 Å². The number of imidazole rings is 2. The number of fused-ring (bicyclic) bond motifs is 1. The highest BCUT2D eigenvalue weighted by Crippen LogP contribution is 2.24. The molecule has 2 heterocycles. The van der Waals surface area contributed by atoms with Crippen molar-refractivity contribution >= 4 is 28.8 Å². The summed E-state index contributed by atoms with van der Waals surface area (Å²) in [7, 11) is 1.32. The van der Waals surface area contributed by atoms with Crippen molar-refractivity contribution in [2.24, 2.45) is 0 Å². The molecular formula is C15H15FN4O2S. The van der Waals surface area contributed by atoms with Crippen molar-refractivity contribution in [1.29, 1.82) is 0 Å². The first-order chi connectivity index (χ1) is 11.1. The summed E-state index contributed by atoms with van der Waals surface area (Å²) < 4.78 is 20.0. The fourth-order valence-electron chi connectivity index (χ4n) is 2.34. The van der Waals surface area contributed by atoms with Gasteiger partial charge in [-0.1, -0.05) is 11.8 Å². The van der Waals surface area contributed by atoms with Gasteiger partial charge in [0.1, 0.15) is 17.3 Å². The number of hydrogen-bond donors (Lipinski definition) is 1. The summed E-state index contributed by atoms with van der Waals surface area (Å²) in [5, 5.41) is 0.603. The van der Waals surface area contributed by atoms with Gasteiger partial charge in [-0.25, -0.2) is 19.2 Å². The van der Waals surface area contributed by atoms with Gasteiger partial charge in [-0.05, 0) is 19.1 Å². The second-order valence-corrected chi connectivity index (χ2v) is 5.75. The molecule has 0 aliphatic carbocycles. The molecule has 0 aliphatic rings. The molecule has 3 aromatic rings. The Bertz CT molecular complexity index is 858. The van der Waals surface area contributed by atoms with Crippen LogP contribution in [0.2, 0.25) is 0 Å². The van der Waals surface area contributed by atoms with Crippen LogP contribution in [0, 0.1) is 5.82 Å². The molecule has 0 atom stereocenters. The summed E-state index contributed by atoms with van der Waals surface area (Å²) in [5.74, 6) is 0.624. The maximum absolute atomic E-state index is 13.3. The van der Waals surface area contributed by atoms with Crippen LogP contribution in [0.15, 0.2) is 29.6 Å². The Hall–Kier alpha value is -2.35. The lowest BCUT2D eigenvalue weighted by Crippen LogP contribution is -2.01. The van der Waals surface area contributed by atoms with Gasteiger partial charge < -0.3 is 14.3 Å². The van der Waals surface area contributed by atoms with E-state index in [-0.39, 0.29) is 5.82 Å². The van der Waals surface area contributed by atoms with Gasteiger partial charge in [-0.3, -0.25) is 0 Å². The van der Waals surface area contributed by atoms with Crippen molar-refractivity contribution in [3.8, 4) is 0 Å². The molecule has 1 aromatic carbocycles. The first-order valence-corrected chi connectivity index (χ1v) is 8.01. The third kappa shape index (κ3) is 3.07. The average molecular weight is 334 g/mol. The predicted octanol–water partition coefficient (Wildman–Crippen LogP) is 3.00. The van der Waals surface area contributed by atoms with Crippen LogP contribution in [0.4, 0.5) is 4.39 Å². The molecule has 2 aromatic heterocycles. The number of aromatic nitrogens is 4. The van der Waals surface area contributed by atoms with Gasteiger partial charge >= 0.3 is 5.97 Å². The van der Waals surface area contributed by atoms with Crippen molar-refractivity contribution in [2.45, 2.75) is 24.4 Å². The van der Waals surface area contributed by atoms with Gasteiger partial charge in [-0.2, -0.15) is 0 Å². The Morgan fingerprint density at radius 1 is 1.48 bits per heavy atom. The number of rotatable bonds is 5. The lowest BCUT2D eigenvalue weighted by molar-refractivity contribution is 0.0594. The highest BCUT2D eigenvalue weighted by Gasteiger charge is 2.13. The quantitative estimate of drug-likeness (QED) is 0.573. The van der Waals surface area contributed by atoms with Crippen LogP contribution in [0.5, 0.6) is 0 Å². The molecule has 0 saturated carbocycles. The zero-order chi connectivity index (χ0) is 16.4. The predicted molar refractivity (Wildman–Crippen MR) is 84.9 cm³/mol. The van der Waals surface area contributed by atoms with E-state index in [4.69, 9.17) is 0 Å². The van der Waals surface area contributed by atoms with Crippen LogP contribution in [0.3, 0.4) is 0 Å². The molecule has 0 fully saturated rings. The van der Waals surface area contributed by atoms with Crippen LogP contribution >= 0.6 is 11.8 Å². The smallest absolute Gasteiger partial charge is 0.356 e. The summed E-state index contributed by atoms with van der Waals surface area (Å²) in [6, 6.07) is 4.59. The molecular weight excluding hydrogens is 319 g/mol. The molecule has 0 saturated heterocycles. The Labute approximate surface area is 136 Å². The number of aromatic amines is 1. The number of nitrogens with zero attached hydrogens (tertiary/aromatic N) is 3. The summed E-state index contributed by atoms with van der Waals surface area (Å²) in [6.45, 7) is 2.75. The molecule has 0 unspecified atom stereocenters. The Morgan fingerprint density at radius 2 is 2.30 bits per heavy atom. The fraction of sp³-hybridized carbons (Fsp3) is 0.267. The molecule has 0 radical (unpaired) electrons. The highest BCUT2D eigenvalue weighted by molar-refractivity contribution is 7.98. The van der Waals surface area contributed by atoms with Crippen molar-refractivity contribution < 1.29 is 13.9 Å². The van der Waals surface area contributed by atoms with Gasteiger partial charge in [0, 0.05) is 12.6 Å². The van der Waals surface area contributed by atoms with Crippen molar-refractivity contribution in [2.75, 3.05) is 7.11 Å². The number of nitrogens with one attached hydrogen (secondary N) is 1. The Balaban J connectivity index is 1.81. The molecule has 6 nitrogen and oxygen atoms in total. The summed E-state index contributed by atoms with van der Waals surface area (Å²) in [6.07, 6.45) is 1.44.